The largest absolute Gasteiger partial charge is 0.445 e. The van der Waals surface area contributed by atoms with Crippen molar-refractivity contribution in [2.24, 2.45) is 5.73 Å². The summed E-state index contributed by atoms with van der Waals surface area (Å²) < 4.78 is 5.11. The lowest BCUT2D eigenvalue weighted by Gasteiger charge is -2.19. The number of hydrogen-bond acceptors (Lipinski definition) is 3. The summed E-state index contributed by atoms with van der Waals surface area (Å²) in [6.45, 7) is 7.92. The molecule has 0 spiro atoms. The predicted molar refractivity (Wildman–Crippen MR) is 77.0 cm³/mol. The van der Waals surface area contributed by atoms with Crippen molar-refractivity contribution in [3.63, 3.8) is 0 Å². The zero-order valence-electron chi connectivity index (χ0n) is 12.0. The first kappa shape index (κ1) is 15.5. The number of carbonyl (C=O) groups excluding carboxylic acids is 1. The number of carbonyl (C=O) groups is 1. The molecule has 0 aliphatic rings. The van der Waals surface area contributed by atoms with Crippen molar-refractivity contribution in [3.05, 3.63) is 35.4 Å². The molecule has 1 rings (SSSR count). The summed E-state index contributed by atoms with van der Waals surface area (Å²) in [5.74, 6) is 0. The third-order valence-corrected chi connectivity index (χ3v) is 2.84. The number of amides is 1. The lowest BCUT2D eigenvalue weighted by Crippen LogP contribution is -2.26. The van der Waals surface area contributed by atoms with E-state index in [0.717, 1.165) is 12.0 Å². The van der Waals surface area contributed by atoms with E-state index in [1.165, 1.54) is 5.56 Å². The van der Waals surface area contributed by atoms with Crippen LogP contribution in [0.15, 0.2) is 24.3 Å². The minimum Gasteiger partial charge on any atom is -0.445 e. The van der Waals surface area contributed by atoms with E-state index in [9.17, 15) is 4.79 Å². The monoisotopic (exact) mass is 264 g/mol. The van der Waals surface area contributed by atoms with Crippen LogP contribution >= 0.6 is 0 Å². The first-order valence-electron chi connectivity index (χ1n) is 6.63. The van der Waals surface area contributed by atoms with Crippen molar-refractivity contribution in [1.82, 2.24) is 5.32 Å². The average Bonchev–Trinajstić information content (AvgIpc) is 2.36. The summed E-state index contributed by atoms with van der Waals surface area (Å²) in [5, 5.41) is 2.65. The fourth-order valence-corrected chi connectivity index (χ4v) is 1.59. The lowest BCUT2D eigenvalue weighted by molar-refractivity contribution is 0.139. The van der Waals surface area contributed by atoms with Crippen molar-refractivity contribution in [2.75, 3.05) is 13.1 Å². The fraction of sp³-hybridized carbons (Fsp3) is 0.533. The third kappa shape index (κ3) is 5.75. The first-order valence-corrected chi connectivity index (χ1v) is 6.63. The molecule has 0 aliphatic heterocycles. The zero-order chi connectivity index (χ0) is 14.3. The summed E-state index contributed by atoms with van der Waals surface area (Å²) in [6, 6.07) is 8.14. The van der Waals surface area contributed by atoms with Gasteiger partial charge < -0.3 is 15.8 Å². The Morgan fingerprint density at radius 2 is 1.89 bits per heavy atom. The molecule has 0 radical (unpaired) electrons. The van der Waals surface area contributed by atoms with Gasteiger partial charge in [-0.15, -0.1) is 0 Å². The van der Waals surface area contributed by atoms with Crippen molar-refractivity contribution in [2.45, 2.75) is 39.2 Å². The van der Waals surface area contributed by atoms with Crippen LogP contribution < -0.4 is 11.1 Å². The second kappa shape index (κ2) is 7.14. The van der Waals surface area contributed by atoms with E-state index in [1.54, 1.807) is 0 Å². The molecule has 0 saturated carbocycles. The van der Waals surface area contributed by atoms with Gasteiger partial charge in [0.05, 0.1) is 0 Å². The van der Waals surface area contributed by atoms with Gasteiger partial charge in [0.25, 0.3) is 0 Å². The van der Waals surface area contributed by atoms with Crippen LogP contribution in [0.2, 0.25) is 0 Å². The molecule has 0 unspecified atom stereocenters. The zero-order valence-corrected chi connectivity index (χ0v) is 12.0. The molecule has 0 fully saturated rings. The number of hydrogen-bond donors (Lipinski definition) is 2. The fourth-order valence-electron chi connectivity index (χ4n) is 1.59. The van der Waals surface area contributed by atoms with Crippen LogP contribution in [0.4, 0.5) is 4.79 Å². The molecule has 0 atom stereocenters. The molecule has 1 amide bonds. The Hall–Kier alpha value is -1.55. The van der Waals surface area contributed by atoms with Crippen molar-refractivity contribution < 1.29 is 9.53 Å². The smallest absolute Gasteiger partial charge is 0.407 e. The van der Waals surface area contributed by atoms with Gasteiger partial charge in [-0.1, -0.05) is 45.0 Å². The van der Waals surface area contributed by atoms with Crippen LogP contribution in [0, 0.1) is 0 Å². The van der Waals surface area contributed by atoms with E-state index >= 15 is 0 Å². The maximum atomic E-state index is 11.3. The SMILES string of the molecule is CC(C)(C)c1ccc(COC(=O)NCCCN)cc1. The van der Waals surface area contributed by atoms with E-state index in [2.05, 4.69) is 38.2 Å². The molecular weight excluding hydrogens is 240 g/mol. The molecule has 0 aliphatic carbocycles. The molecule has 4 heteroatoms. The van der Waals surface area contributed by atoms with E-state index in [0.29, 0.717) is 19.7 Å². The number of nitrogens with one attached hydrogen (secondary N) is 1. The van der Waals surface area contributed by atoms with Gasteiger partial charge in [0.1, 0.15) is 6.61 Å². The highest BCUT2D eigenvalue weighted by atomic mass is 16.5. The van der Waals surface area contributed by atoms with Gasteiger partial charge in [0, 0.05) is 6.54 Å². The highest BCUT2D eigenvalue weighted by Gasteiger charge is 2.12. The van der Waals surface area contributed by atoms with Gasteiger partial charge in [-0.05, 0) is 29.5 Å². The lowest BCUT2D eigenvalue weighted by atomic mass is 9.87. The van der Waals surface area contributed by atoms with Crippen LogP contribution in [0.1, 0.15) is 38.3 Å². The normalized spacial score (nSPS) is 11.2. The number of alkyl carbamates (subject to hydrolysis) is 1. The molecular formula is C15H24N2O2. The Morgan fingerprint density at radius 1 is 1.26 bits per heavy atom. The van der Waals surface area contributed by atoms with E-state index in [-0.39, 0.29) is 5.41 Å². The number of benzene rings is 1. The molecule has 0 aromatic heterocycles. The summed E-state index contributed by atoms with van der Waals surface area (Å²) in [7, 11) is 0. The van der Waals surface area contributed by atoms with E-state index < -0.39 is 6.09 Å². The molecule has 0 bridgehead atoms. The van der Waals surface area contributed by atoms with Crippen LogP contribution in [0.5, 0.6) is 0 Å². The Kier molecular flexibility index (Phi) is 5.83. The van der Waals surface area contributed by atoms with Crippen LogP contribution in [-0.2, 0) is 16.8 Å². The van der Waals surface area contributed by atoms with Crippen molar-refractivity contribution in [3.8, 4) is 0 Å². The first-order chi connectivity index (χ1) is 8.93. The highest BCUT2D eigenvalue weighted by molar-refractivity contribution is 5.67. The molecule has 1 aromatic rings. The summed E-state index contributed by atoms with van der Waals surface area (Å²) >= 11 is 0. The minimum absolute atomic E-state index is 0.138. The Balaban J connectivity index is 2.40. The minimum atomic E-state index is -0.395. The quantitative estimate of drug-likeness (QED) is 0.803. The topological polar surface area (TPSA) is 64.3 Å². The van der Waals surface area contributed by atoms with Gasteiger partial charge in [-0.25, -0.2) is 4.79 Å². The molecule has 4 nitrogen and oxygen atoms in total. The van der Waals surface area contributed by atoms with Gasteiger partial charge >= 0.3 is 6.09 Å². The molecule has 3 N–H and O–H groups in total. The maximum Gasteiger partial charge on any atom is 0.407 e. The van der Waals surface area contributed by atoms with Crippen molar-refractivity contribution in [1.29, 1.82) is 0 Å². The van der Waals surface area contributed by atoms with Gasteiger partial charge in [-0.2, -0.15) is 0 Å². The van der Waals surface area contributed by atoms with Crippen LogP contribution in [0.25, 0.3) is 0 Å². The number of ether oxygens (including phenoxy) is 1. The Bertz CT molecular complexity index is 394. The second-order valence-electron chi connectivity index (χ2n) is 5.59. The Morgan fingerprint density at radius 3 is 2.42 bits per heavy atom. The molecule has 0 saturated heterocycles. The molecule has 19 heavy (non-hydrogen) atoms. The van der Waals surface area contributed by atoms with Gasteiger partial charge in [0.2, 0.25) is 0 Å². The highest BCUT2D eigenvalue weighted by Crippen LogP contribution is 2.22. The molecule has 0 heterocycles. The molecule has 1 aromatic carbocycles. The summed E-state index contributed by atoms with van der Waals surface area (Å²) in [5.41, 5.74) is 7.73. The second-order valence-corrected chi connectivity index (χ2v) is 5.59. The van der Waals surface area contributed by atoms with Gasteiger partial charge in [-0.3, -0.25) is 0 Å². The number of nitrogens with two attached hydrogens (primary N) is 1. The van der Waals surface area contributed by atoms with E-state index in [4.69, 9.17) is 10.5 Å². The average molecular weight is 264 g/mol. The van der Waals surface area contributed by atoms with Crippen molar-refractivity contribution >= 4 is 6.09 Å². The van der Waals surface area contributed by atoms with Gasteiger partial charge in [0.15, 0.2) is 0 Å². The standard InChI is InChI=1S/C15H24N2O2/c1-15(2,3)13-7-5-12(6-8-13)11-19-14(18)17-10-4-9-16/h5-8H,4,9-11,16H2,1-3H3,(H,17,18). The maximum absolute atomic E-state index is 11.3. The third-order valence-electron chi connectivity index (χ3n) is 2.84. The number of rotatable bonds is 5. The summed E-state index contributed by atoms with van der Waals surface area (Å²) in [4.78, 5) is 11.3. The predicted octanol–water partition coefficient (Wildman–Crippen LogP) is 2.56. The summed E-state index contributed by atoms with van der Waals surface area (Å²) in [6.07, 6.45) is 0.364. The molecule has 106 valence electrons. The van der Waals surface area contributed by atoms with Crippen LogP contribution in [0.3, 0.4) is 0 Å². The Labute approximate surface area is 115 Å². The van der Waals surface area contributed by atoms with E-state index in [1.807, 2.05) is 12.1 Å². The van der Waals surface area contributed by atoms with Crippen LogP contribution in [-0.4, -0.2) is 19.2 Å².